The van der Waals surface area contributed by atoms with Crippen LogP contribution in [0, 0.1) is 0 Å². The van der Waals surface area contributed by atoms with Gasteiger partial charge in [0.15, 0.2) is 0 Å². The molecule has 1 unspecified atom stereocenters. The fourth-order valence-electron chi connectivity index (χ4n) is 1.03. The summed E-state index contributed by atoms with van der Waals surface area (Å²) in [5, 5.41) is 10.3. The van der Waals surface area contributed by atoms with Crippen molar-refractivity contribution in [2.24, 2.45) is 0 Å². The first-order valence-corrected chi connectivity index (χ1v) is 4.91. The van der Waals surface area contributed by atoms with Crippen molar-refractivity contribution in [3.8, 4) is 0 Å². The predicted molar refractivity (Wildman–Crippen MR) is 57.2 cm³/mol. The van der Waals surface area contributed by atoms with E-state index < -0.39 is 24.8 Å². The summed E-state index contributed by atoms with van der Waals surface area (Å²) in [6.45, 7) is -0.556. The Hall–Kier alpha value is -2.11. The van der Waals surface area contributed by atoms with Crippen LogP contribution in [0.5, 0.6) is 0 Å². The van der Waals surface area contributed by atoms with Crippen molar-refractivity contribution in [2.75, 3.05) is 6.54 Å². The first-order chi connectivity index (χ1) is 8.09. The van der Waals surface area contributed by atoms with E-state index in [2.05, 4.69) is 0 Å². The number of nitrogens with one attached hydrogen (secondary N) is 1. The highest BCUT2D eigenvalue weighted by molar-refractivity contribution is 5.74. The van der Waals surface area contributed by atoms with Crippen LogP contribution in [0.3, 0.4) is 0 Å². The van der Waals surface area contributed by atoms with Crippen molar-refractivity contribution in [3.63, 3.8) is 0 Å². The molecule has 0 aliphatic rings. The zero-order valence-corrected chi connectivity index (χ0v) is 8.93. The lowest BCUT2D eigenvalue weighted by Crippen LogP contribution is -2.34. The van der Waals surface area contributed by atoms with E-state index in [1.165, 1.54) is 0 Å². The Bertz CT molecular complexity index is 382. The van der Waals surface area contributed by atoms with Crippen LogP contribution in [0.4, 0.5) is 9.18 Å². The molecule has 17 heavy (non-hydrogen) atoms. The molecule has 5 nitrogen and oxygen atoms in total. The third-order valence-corrected chi connectivity index (χ3v) is 1.91. The summed E-state index contributed by atoms with van der Waals surface area (Å²) in [4.78, 5) is 21.2. The zero-order chi connectivity index (χ0) is 12.7. The molecule has 0 spiro atoms. The monoisotopic (exact) mass is 241 g/mol. The molecule has 0 aliphatic carbocycles. The van der Waals surface area contributed by atoms with E-state index in [1.54, 1.807) is 24.3 Å². The van der Waals surface area contributed by atoms with Crippen LogP contribution in [0.25, 0.3) is 0 Å². The van der Waals surface area contributed by atoms with E-state index in [0.717, 1.165) is 5.56 Å². The SMILES string of the molecule is O=C(NCC(F)C(=O)O)OCc1ccccc1. The second-order valence-corrected chi connectivity index (χ2v) is 3.25. The van der Waals surface area contributed by atoms with Crippen LogP contribution in [-0.4, -0.2) is 29.9 Å². The molecule has 0 aromatic heterocycles. The second kappa shape index (κ2) is 6.47. The second-order valence-electron chi connectivity index (χ2n) is 3.25. The third-order valence-electron chi connectivity index (χ3n) is 1.91. The minimum absolute atomic E-state index is 0.0523. The van der Waals surface area contributed by atoms with Gasteiger partial charge in [0.25, 0.3) is 0 Å². The van der Waals surface area contributed by atoms with Crippen LogP contribution < -0.4 is 5.32 Å². The maximum absolute atomic E-state index is 12.6. The number of alkyl carbamates (subject to hydrolysis) is 1. The molecule has 0 heterocycles. The molecule has 0 fully saturated rings. The number of hydrogen-bond acceptors (Lipinski definition) is 3. The number of halogens is 1. The van der Waals surface area contributed by atoms with E-state index in [-0.39, 0.29) is 6.61 Å². The average Bonchev–Trinajstić information content (AvgIpc) is 2.34. The smallest absolute Gasteiger partial charge is 0.407 e. The molecule has 6 heteroatoms. The van der Waals surface area contributed by atoms with Gasteiger partial charge in [0.05, 0.1) is 6.54 Å². The van der Waals surface area contributed by atoms with Crippen LogP contribution in [0.2, 0.25) is 0 Å². The number of carboxylic acid groups (broad SMARTS) is 1. The molecule has 0 bridgehead atoms. The number of carbonyl (C=O) groups is 2. The Kier molecular flexibility index (Phi) is 4.93. The number of benzene rings is 1. The minimum atomic E-state index is -2.13. The fourth-order valence-corrected chi connectivity index (χ4v) is 1.03. The predicted octanol–water partition coefficient (Wildman–Crippen LogP) is 1.34. The molecule has 0 saturated carbocycles. The van der Waals surface area contributed by atoms with Gasteiger partial charge in [-0.1, -0.05) is 30.3 Å². The van der Waals surface area contributed by atoms with Gasteiger partial charge in [-0.25, -0.2) is 14.0 Å². The van der Waals surface area contributed by atoms with Gasteiger partial charge < -0.3 is 15.2 Å². The molecule has 1 aromatic rings. The first kappa shape index (κ1) is 13.0. The zero-order valence-electron chi connectivity index (χ0n) is 8.93. The molecule has 0 aliphatic heterocycles. The van der Waals surface area contributed by atoms with Crippen molar-refractivity contribution in [2.45, 2.75) is 12.8 Å². The van der Waals surface area contributed by atoms with Crippen molar-refractivity contribution in [1.82, 2.24) is 5.32 Å². The number of aliphatic carboxylic acids is 1. The van der Waals surface area contributed by atoms with Crippen molar-refractivity contribution >= 4 is 12.1 Å². The van der Waals surface area contributed by atoms with E-state index in [1.807, 2.05) is 11.4 Å². The molecular formula is C11H12FNO4. The number of carboxylic acids is 1. The lowest BCUT2D eigenvalue weighted by Gasteiger charge is -2.07. The van der Waals surface area contributed by atoms with Gasteiger partial charge in [0.1, 0.15) is 6.61 Å². The Morgan fingerprint density at radius 2 is 2.00 bits per heavy atom. The highest BCUT2D eigenvalue weighted by atomic mass is 19.1. The molecule has 1 atom stereocenters. The van der Waals surface area contributed by atoms with Crippen LogP contribution >= 0.6 is 0 Å². The fraction of sp³-hybridized carbons (Fsp3) is 0.273. The van der Waals surface area contributed by atoms with Gasteiger partial charge in [0.2, 0.25) is 6.17 Å². The summed E-state index contributed by atoms with van der Waals surface area (Å²) in [6.07, 6.45) is -2.97. The van der Waals surface area contributed by atoms with E-state index in [4.69, 9.17) is 9.84 Å². The average molecular weight is 241 g/mol. The van der Waals surface area contributed by atoms with E-state index in [0.29, 0.717) is 0 Å². The van der Waals surface area contributed by atoms with Gasteiger partial charge in [0, 0.05) is 0 Å². The molecule has 0 saturated heterocycles. The Morgan fingerprint density at radius 1 is 1.35 bits per heavy atom. The molecule has 0 radical (unpaired) electrons. The molecule has 1 amide bonds. The van der Waals surface area contributed by atoms with Crippen molar-refractivity contribution in [3.05, 3.63) is 35.9 Å². The normalized spacial score (nSPS) is 11.6. The van der Waals surface area contributed by atoms with Crippen molar-refractivity contribution in [1.29, 1.82) is 0 Å². The number of rotatable bonds is 5. The molecule has 2 N–H and O–H groups in total. The van der Waals surface area contributed by atoms with E-state index in [9.17, 15) is 14.0 Å². The highest BCUT2D eigenvalue weighted by Gasteiger charge is 2.16. The summed E-state index contributed by atoms with van der Waals surface area (Å²) in [6, 6.07) is 8.94. The quantitative estimate of drug-likeness (QED) is 0.815. The Labute approximate surface area is 97.2 Å². The minimum Gasteiger partial charge on any atom is -0.479 e. The van der Waals surface area contributed by atoms with Gasteiger partial charge in [-0.3, -0.25) is 0 Å². The Balaban J connectivity index is 2.24. The van der Waals surface area contributed by atoms with Crippen molar-refractivity contribution < 1.29 is 23.8 Å². The maximum Gasteiger partial charge on any atom is 0.407 e. The summed E-state index contributed by atoms with van der Waals surface area (Å²) in [5.74, 6) is -1.62. The summed E-state index contributed by atoms with van der Waals surface area (Å²) >= 11 is 0. The van der Waals surface area contributed by atoms with E-state index >= 15 is 0 Å². The molecule has 92 valence electrons. The largest absolute Gasteiger partial charge is 0.479 e. The molecular weight excluding hydrogens is 229 g/mol. The first-order valence-electron chi connectivity index (χ1n) is 4.91. The number of hydrogen-bond donors (Lipinski definition) is 2. The van der Waals surface area contributed by atoms with Crippen LogP contribution in [0.1, 0.15) is 5.56 Å². The number of ether oxygens (including phenoxy) is 1. The number of alkyl halides is 1. The molecule has 1 rings (SSSR count). The highest BCUT2D eigenvalue weighted by Crippen LogP contribution is 2.00. The maximum atomic E-state index is 12.6. The number of carbonyl (C=O) groups excluding carboxylic acids is 1. The van der Waals surface area contributed by atoms with Gasteiger partial charge in [-0.2, -0.15) is 0 Å². The van der Waals surface area contributed by atoms with Gasteiger partial charge in [-0.05, 0) is 5.56 Å². The topological polar surface area (TPSA) is 75.6 Å². The number of amides is 1. The Morgan fingerprint density at radius 3 is 2.59 bits per heavy atom. The standard InChI is InChI=1S/C11H12FNO4/c12-9(10(14)15)6-13-11(16)17-7-8-4-2-1-3-5-8/h1-5,9H,6-7H2,(H,13,16)(H,14,15). The lowest BCUT2D eigenvalue weighted by atomic mass is 10.2. The molecule has 1 aromatic carbocycles. The summed E-state index contributed by atoms with van der Waals surface area (Å²) in [5.41, 5.74) is 0.790. The van der Waals surface area contributed by atoms with Crippen LogP contribution in [-0.2, 0) is 16.1 Å². The van der Waals surface area contributed by atoms with Gasteiger partial charge >= 0.3 is 12.1 Å². The third kappa shape index (κ3) is 4.96. The van der Waals surface area contributed by atoms with Crippen LogP contribution in [0.15, 0.2) is 30.3 Å². The summed E-state index contributed by atoms with van der Waals surface area (Å²) < 4.78 is 17.3. The van der Waals surface area contributed by atoms with Gasteiger partial charge in [-0.15, -0.1) is 0 Å². The summed E-state index contributed by atoms with van der Waals surface area (Å²) in [7, 11) is 0. The lowest BCUT2D eigenvalue weighted by molar-refractivity contribution is -0.142.